The number of ether oxygens (including phenoxy) is 1. The Hall–Kier alpha value is -2.55. The third-order valence-electron chi connectivity index (χ3n) is 3.05. The lowest BCUT2D eigenvalue weighted by Crippen LogP contribution is -2.05. The zero-order valence-electron chi connectivity index (χ0n) is 11.3. The first-order valence-corrected chi connectivity index (χ1v) is 6.41. The maximum absolute atomic E-state index is 11.5. The maximum atomic E-state index is 11.5. The molecule has 2 rings (SSSR count). The highest BCUT2D eigenvalue weighted by atomic mass is 16.5. The van der Waals surface area contributed by atoms with Crippen molar-refractivity contribution in [3.05, 3.63) is 60.7 Å². The van der Waals surface area contributed by atoms with Gasteiger partial charge in [-0.15, -0.1) is 0 Å². The van der Waals surface area contributed by atoms with Crippen LogP contribution in [-0.2, 0) is 11.2 Å². The number of hydrogen-bond acceptors (Lipinski definition) is 3. The van der Waals surface area contributed by atoms with Crippen molar-refractivity contribution in [2.24, 2.45) is 0 Å². The van der Waals surface area contributed by atoms with Crippen LogP contribution < -0.4 is 4.74 Å². The second-order valence-electron chi connectivity index (χ2n) is 4.29. The standard InChI is InChI=1S/C17H16O3/c1-3-12-10-11-14(13-8-6-5-7-9-13)17(16(12)19)20-15(18)4-2/h4-11,19H,2-3H2,1H3. The highest BCUT2D eigenvalue weighted by Crippen LogP contribution is 2.40. The van der Waals surface area contributed by atoms with E-state index in [2.05, 4.69) is 6.58 Å². The van der Waals surface area contributed by atoms with Gasteiger partial charge in [0.25, 0.3) is 0 Å². The summed E-state index contributed by atoms with van der Waals surface area (Å²) in [7, 11) is 0. The molecule has 0 radical (unpaired) electrons. The fourth-order valence-corrected chi connectivity index (χ4v) is 1.99. The second-order valence-corrected chi connectivity index (χ2v) is 4.29. The van der Waals surface area contributed by atoms with Crippen LogP contribution in [0.4, 0.5) is 0 Å². The van der Waals surface area contributed by atoms with Crippen molar-refractivity contribution in [1.29, 1.82) is 0 Å². The monoisotopic (exact) mass is 268 g/mol. The minimum atomic E-state index is -0.592. The van der Waals surface area contributed by atoms with E-state index in [-0.39, 0.29) is 11.5 Å². The van der Waals surface area contributed by atoms with Crippen LogP contribution in [0.2, 0.25) is 0 Å². The van der Waals surface area contributed by atoms with Gasteiger partial charge in [0.2, 0.25) is 0 Å². The van der Waals surface area contributed by atoms with E-state index in [1.165, 1.54) is 0 Å². The van der Waals surface area contributed by atoms with E-state index in [0.717, 1.165) is 17.2 Å². The van der Waals surface area contributed by atoms with Crippen molar-refractivity contribution in [2.45, 2.75) is 13.3 Å². The first-order chi connectivity index (χ1) is 9.67. The molecule has 3 nitrogen and oxygen atoms in total. The van der Waals surface area contributed by atoms with Crippen LogP contribution in [-0.4, -0.2) is 11.1 Å². The molecule has 0 bridgehead atoms. The molecule has 0 aliphatic carbocycles. The molecule has 102 valence electrons. The van der Waals surface area contributed by atoms with E-state index in [4.69, 9.17) is 4.74 Å². The van der Waals surface area contributed by atoms with Gasteiger partial charge >= 0.3 is 5.97 Å². The molecule has 0 saturated heterocycles. The molecular weight excluding hydrogens is 252 g/mol. The number of esters is 1. The summed E-state index contributed by atoms with van der Waals surface area (Å²) in [5.41, 5.74) is 2.28. The number of aromatic hydroxyl groups is 1. The molecule has 0 spiro atoms. The minimum Gasteiger partial charge on any atom is -0.504 e. The van der Waals surface area contributed by atoms with Crippen molar-refractivity contribution in [3.8, 4) is 22.6 Å². The predicted molar refractivity (Wildman–Crippen MR) is 78.8 cm³/mol. The predicted octanol–water partition coefficient (Wildman–Crippen LogP) is 3.71. The molecule has 0 aromatic heterocycles. The summed E-state index contributed by atoms with van der Waals surface area (Å²) < 4.78 is 5.22. The summed E-state index contributed by atoms with van der Waals surface area (Å²) in [6, 6.07) is 13.2. The number of rotatable bonds is 4. The number of phenols is 1. The quantitative estimate of drug-likeness (QED) is 0.522. The van der Waals surface area contributed by atoms with E-state index in [9.17, 15) is 9.90 Å². The van der Waals surface area contributed by atoms with E-state index in [1.807, 2.05) is 49.4 Å². The number of benzene rings is 2. The number of aryl methyl sites for hydroxylation is 1. The second kappa shape index (κ2) is 6.06. The van der Waals surface area contributed by atoms with Crippen LogP contribution in [0.1, 0.15) is 12.5 Å². The van der Waals surface area contributed by atoms with Gasteiger partial charge in [-0.2, -0.15) is 0 Å². The molecule has 20 heavy (non-hydrogen) atoms. The Morgan fingerprint density at radius 3 is 2.55 bits per heavy atom. The van der Waals surface area contributed by atoms with Crippen LogP contribution in [0.25, 0.3) is 11.1 Å². The van der Waals surface area contributed by atoms with Gasteiger partial charge in [0.05, 0.1) is 0 Å². The van der Waals surface area contributed by atoms with Gasteiger partial charge < -0.3 is 9.84 Å². The number of carbonyl (C=O) groups excluding carboxylic acids is 1. The molecule has 2 aromatic rings. The summed E-state index contributed by atoms with van der Waals surface area (Å²) in [5, 5.41) is 10.3. The lowest BCUT2D eigenvalue weighted by atomic mass is 10.0. The minimum absolute atomic E-state index is 0.00375. The van der Waals surface area contributed by atoms with E-state index < -0.39 is 5.97 Å². The molecule has 0 saturated carbocycles. The summed E-state index contributed by atoms with van der Waals surface area (Å²) in [5.74, 6) is -0.407. The molecular formula is C17H16O3. The van der Waals surface area contributed by atoms with Gasteiger partial charge in [0.1, 0.15) is 0 Å². The number of carbonyl (C=O) groups is 1. The third-order valence-corrected chi connectivity index (χ3v) is 3.05. The largest absolute Gasteiger partial charge is 0.504 e. The third kappa shape index (κ3) is 2.72. The molecule has 0 fully saturated rings. The Balaban J connectivity index is 2.59. The molecule has 2 aromatic carbocycles. The molecule has 0 aliphatic heterocycles. The summed E-state index contributed by atoms with van der Waals surface area (Å²) in [6.07, 6.45) is 1.73. The van der Waals surface area contributed by atoms with Crippen LogP contribution in [0, 0.1) is 0 Å². The number of hydrogen-bond donors (Lipinski definition) is 1. The molecule has 0 aliphatic rings. The summed E-state index contributed by atoms with van der Waals surface area (Å²) in [6.45, 7) is 5.30. The van der Waals surface area contributed by atoms with Crippen LogP contribution in [0.15, 0.2) is 55.1 Å². The zero-order valence-corrected chi connectivity index (χ0v) is 11.3. The van der Waals surface area contributed by atoms with E-state index in [0.29, 0.717) is 12.0 Å². The Morgan fingerprint density at radius 2 is 1.95 bits per heavy atom. The van der Waals surface area contributed by atoms with Gasteiger partial charge in [-0.05, 0) is 17.5 Å². The first kappa shape index (κ1) is 13.9. The van der Waals surface area contributed by atoms with Gasteiger partial charge in [0.15, 0.2) is 11.5 Å². The Morgan fingerprint density at radius 1 is 1.25 bits per heavy atom. The normalized spacial score (nSPS) is 10.1. The van der Waals surface area contributed by atoms with Crippen LogP contribution in [0.3, 0.4) is 0 Å². The van der Waals surface area contributed by atoms with Gasteiger partial charge in [-0.1, -0.05) is 56.0 Å². The Bertz CT molecular complexity index is 630. The fourth-order valence-electron chi connectivity index (χ4n) is 1.99. The number of phenolic OH excluding ortho intramolecular Hbond substituents is 1. The molecule has 3 heteroatoms. The zero-order chi connectivity index (χ0) is 14.5. The Labute approximate surface area is 118 Å². The van der Waals surface area contributed by atoms with Crippen molar-refractivity contribution in [2.75, 3.05) is 0 Å². The van der Waals surface area contributed by atoms with Gasteiger partial charge in [-0.25, -0.2) is 4.79 Å². The average molecular weight is 268 g/mol. The first-order valence-electron chi connectivity index (χ1n) is 6.41. The highest BCUT2D eigenvalue weighted by Gasteiger charge is 2.16. The smallest absolute Gasteiger partial charge is 0.335 e. The van der Waals surface area contributed by atoms with Crippen LogP contribution >= 0.6 is 0 Å². The van der Waals surface area contributed by atoms with Crippen molar-refractivity contribution < 1.29 is 14.6 Å². The summed E-state index contributed by atoms with van der Waals surface area (Å²) in [4.78, 5) is 11.5. The van der Waals surface area contributed by atoms with Gasteiger partial charge in [-0.3, -0.25) is 0 Å². The molecule has 0 heterocycles. The van der Waals surface area contributed by atoms with Crippen molar-refractivity contribution >= 4 is 5.97 Å². The lowest BCUT2D eigenvalue weighted by Gasteiger charge is -2.13. The highest BCUT2D eigenvalue weighted by molar-refractivity contribution is 5.87. The summed E-state index contributed by atoms with van der Waals surface area (Å²) >= 11 is 0. The molecule has 0 unspecified atom stereocenters. The molecule has 1 N–H and O–H groups in total. The fraction of sp³-hybridized carbons (Fsp3) is 0.118. The van der Waals surface area contributed by atoms with E-state index in [1.54, 1.807) is 0 Å². The maximum Gasteiger partial charge on any atom is 0.335 e. The molecule has 0 amide bonds. The van der Waals surface area contributed by atoms with Crippen molar-refractivity contribution in [3.63, 3.8) is 0 Å². The van der Waals surface area contributed by atoms with Gasteiger partial charge in [0, 0.05) is 11.6 Å². The Kier molecular flexibility index (Phi) is 4.20. The SMILES string of the molecule is C=CC(=O)Oc1c(-c2ccccc2)ccc(CC)c1O. The lowest BCUT2D eigenvalue weighted by molar-refractivity contribution is -0.129. The average Bonchev–Trinajstić information content (AvgIpc) is 2.50. The van der Waals surface area contributed by atoms with Crippen LogP contribution in [0.5, 0.6) is 11.5 Å². The molecule has 0 atom stereocenters. The topological polar surface area (TPSA) is 46.5 Å². The van der Waals surface area contributed by atoms with E-state index >= 15 is 0 Å². The van der Waals surface area contributed by atoms with Crippen molar-refractivity contribution in [1.82, 2.24) is 0 Å².